The Hall–Kier alpha value is -3.27. The van der Waals surface area contributed by atoms with Crippen molar-refractivity contribution in [1.29, 1.82) is 0 Å². The average molecular weight is 357 g/mol. The van der Waals surface area contributed by atoms with Crippen molar-refractivity contribution in [3.63, 3.8) is 0 Å². The number of hydrogen-bond donors (Lipinski definition) is 2. The fourth-order valence-electron chi connectivity index (χ4n) is 3.06. The second-order valence-electron chi connectivity index (χ2n) is 6.66. The summed E-state index contributed by atoms with van der Waals surface area (Å²) in [5.74, 6) is 0.786. The molecule has 0 saturated heterocycles. The van der Waals surface area contributed by atoms with Gasteiger partial charge in [-0.2, -0.15) is 0 Å². The van der Waals surface area contributed by atoms with Crippen molar-refractivity contribution in [3.05, 3.63) is 100 Å². The van der Waals surface area contributed by atoms with Crippen LogP contribution in [0.25, 0.3) is 6.08 Å². The molecule has 0 saturated carbocycles. The maximum Gasteiger partial charge on any atom is 0.147 e. The topological polar surface area (TPSA) is 53.2 Å². The molecular weight excluding hydrogens is 334 g/mol. The molecule has 0 aliphatic carbocycles. The van der Waals surface area contributed by atoms with E-state index in [4.69, 9.17) is 9.73 Å². The minimum atomic E-state index is 0.515. The Kier molecular flexibility index (Phi) is 4.79. The number of hydrogen-bond acceptors (Lipinski definition) is 2. The number of rotatable bonds is 6. The number of H-pyrrole nitrogens is 2. The number of aromatic amines is 2. The third kappa shape index (κ3) is 3.95. The van der Waals surface area contributed by atoms with E-state index >= 15 is 0 Å². The molecule has 4 rings (SSSR count). The molecule has 2 aromatic heterocycles. The Balaban J connectivity index is 1.62. The summed E-state index contributed by atoms with van der Waals surface area (Å²) in [5, 5.41) is 0. The highest BCUT2D eigenvalue weighted by Crippen LogP contribution is 2.26. The van der Waals surface area contributed by atoms with E-state index in [0.29, 0.717) is 6.61 Å². The molecule has 0 amide bonds. The van der Waals surface area contributed by atoms with E-state index in [-0.39, 0.29) is 0 Å². The number of ether oxygens (including phenoxy) is 1. The van der Waals surface area contributed by atoms with Crippen molar-refractivity contribution < 1.29 is 4.74 Å². The SMILES string of the molecule is CCc1ccc(/C=C2\N=C(c3ccc(C)[nH]3)C=C2OCc2ccccc2)[nH]1. The molecule has 3 aromatic rings. The quantitative estimate of drug-likeness (QED) is 0.629. The zero-order valence-electron chi connectivity index (χ0n) is 15.6. The van der Waals surface area contributed by atoms with Gasteiger partial charge in [-0.05, 0) is 49.2 Å². The lowest BCUT2D eigenvalue weighted by Gasteiger charge is -2.07. The molecule has 136 valence electrons. The van der Waals surface area contributed by atoms with E-state index in [1.807, 2.05) is 43.3 Å². The normalized spacial score (nSPS) is 15.1. The molecule has 0 fully saturated rings. The third-order valence-electron chi connectivity index (χ3n) is 4.55. The Morgan fingerprint density at radius 2 is 1.85 bits per heavy atom. The Bertz CT molecular complexity index is 1020. The van der Waals surface area contributed by atoms with Crippen molar-refractivity contribution in [2.24, 2.45) is 4.99 Å². The second-order valence-corrected chi connectivity index (χ2v) is 6.66. The minimum absolute atomic E-state index is 0.515. The van der Waals surface area contributed by atoms with Crippen LogP contribution in [-0.2, 0) is 17.8 Å². The highest BCUT2D eigenvalue weighted by Gasteiger charge is 2.18. The molecule has 0 unspecified atom stereocenters. The molecule has 0 atom stereocenters. The van der Waals surface area contributed by atoms with Gasteiger partial charge >= 0.3 is 0 Å². The van der Waals surface area contributed by atoms with Crippen LogP contribution in [0.15, 0.2) is 77.1 Å². The molecule has 2 N–H and O–H groups in total. The number of benzene rings is 1. The molecular formula is C23H23N3O. The van der Waals surface area contributed by atoms with Crippen LogP contribution >= 0.6 is 0 Å². The molecule has 0 bridgehead atoms. The summed E-state index contributed by atoms with van der Waals surface area (Å²) >= 11 is 0. The number of nitrogens with zero attached hydrogens (tertiary/aromatic N) is 1. The van der Waals surface area contributed by atoms with E-state index in [1.54, 1.807) is 0 Å². The smallest absolute Gasteiger partial charge is 0.147 e. The van der Waals surface area contributed by atoms with Gasteiger partial charge in [-0.3, -0.25) is 0 Å². The molecule has 4 heteroatoms. The fraction of sp³-hybridized carbons (Fsp3) is 0.174. The lowest BCUT2D eigenvalue weighted by atomic mass is 10.2. The first kappa shape index (κ1) is 17.2. The van der Waals surface area contributed by atoms with Crippen molar-refractivity contribution in [2.75, 3.05) is 0 Å². The molecule has 1 aliphatic heterocycles. The minimum Gasteiger partial charge on any atom is -0.487 e. The first-order valence-electron chi connectivity index (χ1n) is 9.24. The van der Waals surface area contributed by atoms with E-state index in [9.17, 15) is 0 Å². The van der Waals surface area contributed by atoms with Crippen molar-refractivity contribution >= 4 is 11.8 Å². The lowest BCUT2D eigenvalue weighted by Crippen LogP contribution is -1.95. The summed E-state index contributed by atoms with van der Waals surface area (Å²) in [4.78, 5) is 11.6. The van der Waals surface area contributed by atoms with Crippen molar-refractivity contribution in [3.8, 4) is 0 Å². The third-order valence-corrected chi connectivity index (χ3v) is 4.55. The van der Waals surface area contributed by atoms with E-state index in [1.165, 1.54) is 5.69 Å². The summed E-state index contributed by atoms with van der Waals surface area (Å²) in [5.41, 5.74) is 7.20. The number of aryl methyl sites for hydroxylation is 2. The molecule has 1 aliphatic rings. The van der Waals surface area contributed by atoms with Crippen molar-refractivity contribution in [1.82, 2.24) is 9.97 Å². The van der Waals surface area contributed by atoms with E-state index < -0.39 is 0 Å². The second kappa shape index (κ2) is 7.54. The Morgan fingerprint density at radius 1 is 1.00 bits per heavy atom. The predicted molar refractivity (Wildman–Crippen MR) is 110 cm³/mol. The number of allylic oxidation sites excluding steroid dienone is 1. The van der Waals surface area contributed by atoms with Crippen LogP contribution in [0, 0.1) is 6.92 Å². The van der Waals surface area contributed by atoms with Gasteiger partial charge in [0, 0.05) is 23.2 Å². The molecule has 0 spiro atoms. The maximum absolute atomic E-state index is 6.12. The van der Waals surface area contributed by atoms with E-state index in [2.05, 4.69) is 47.2 Å². The van der Waals surface area contributed by atoms with Crippen LogP contribution in [0.5, 0.6) is 0 Å². The molecule has 4 nitrogen and oxygen atoms in total. The fourth-order valence-corrected chi connectivity index (χ4v) is 3.06. The van der Waals surface area contributed by atoms with Gasteiger partial charge in [0.1, 0.15) is 18.1 Å². The van der Waals surface area contributed by atoms with Gasteiger partial charge in [0.25, 0.3) is 0 Å². The van der Waals surface area contributed by atoms with Gasteiger partial charge in [-0.15, -0.1) is 0 Å². The molecule has 0 radical (unpaired) electrons. The summed E-state index contributed by atoms with van der Waals surface area (Å²) < 4.78 is 6.12. The van der Waals surface area contributed by atoms with Gasteiger partial charge in [-0.1, -0.05) is 37.3 Å². The van der Waals surface area contributed by atoms with Crippen LogP contribution < -0.4 is 0 Å². The van der Waals surface area contributed by atoms with Crippen LogP contribution in [0.1, 0.15) is 35.3 Å². The average Bonchev–Trinajstić information content (AvgIpc) is 3.41. The highest BCUT2D eigenvalue weighted by molar-refractivity contribution is 6.11. The largest absolute Gasteiger partial charge is 0.487 e. The zero-order valence-corrected chi connectivity index (χ0v) is 15.6. The first-order valence-corrected chi connectivity index (χ1v) is 9.24. The summed E-state index contributed by atoms with van der Waals surface area (Å²) in [6, 6.07) is 18.5. The zero-order chi connectivity index (χ0) is 18.6. The molecule has 1 aromatic carbocycles. The van der Waals surface area contributed by atoms with Gasteiger partial charge in [0.2, 0.25) is 0 Å². The van der Waals surface area contributed by atoms with Gasteiger partial charge in [-0.25, -0.2) is 4.99 Å². The van der Waals surface area contributed by atoms with Crippen LogP contribution in [0.4, 0.5) is 0 Å². The summed E-state index contributed by atoms with van der Waals surface area (Å²) in [6.07, 6.45) is 5.02. The van der Waals surface area contributed by atoms with E-state index in [0.717, 1.165) is 46.2 Å². The molecule has 3 heterocycles. The lowest BCUT2D eigenvalue weighted by molar-refractivity contribution is 0.208. The van der Waals surface area contributed by atoms with Gasteiger partial charge < -0.3 is 14.7 Å². The van der Waals surface area contributed by atoms with Crippen LogP contribution in [-0.4, -0.2) is 15.7 Å². The number of aromatic nitrogens is 2. The monoisotopic (exact) mass is 357 g/mol. The van der Waals surface area contributed by atoms with Gasteiger partial charge in [0.15, 0.2) is 0 Å². The maximum atomic E-state index is 6.12. The van der Waals surface area contributed by atoms with Crippen molar-refractivity contribution in [2.45, 2.75) is 26.9 Å². The first-order chi connectivity index (χ1) is 13.2. The molecule has 27 heavy (non-hydrogen) atoms. The number of nitrogens with one attached hydrogen (secondary N) is 2. The highest BCUT2D eigenvalue weighted by atomic mass is 16.5. The van der Waals surface area contributed by atoms with Gasteiger partial charge in [0.05, 0.1) is 11.4 Å². The Labute approximate surface area is 159 Å². The van der Waals surface area contributed by atoms with Crippen LogP contribution in [0.3, 0.4) is 0 Å². The predicted octanol–water partition coefficient (Wildman–Crippen LogP) is 5.16. The standard InChI is InChI=1S/C23H23N3O/c1-3-18-10-11-19(25-18)13-22-23(27-15-17-7-5-4-6-8-17)14-21(26-22)20-12-9-16(2)24-20/h4-14,24-25H,3,15H2,1-2H3/b22-13-. The summed E-state index contributed by atoms with van der Waals surface area (Å²) in [6.45, 7) is 4.69. The summed E-state index contributed by atoms with van der Waals surface area (Å²) in [7, 11) is 0. The Morgan fingerprint density at radius 3 is 2.56 bits per heavy atom. The van der Waals surface area contributed by atoms with Crippen LogP contribution in [0.2, 0.25) is 0 Å². The number of aliphatic imine (C=N–C) groups is 1.